The zero-order valence-corrected chi connectivity index (χ0v) is 14.8. The fraction of sp³-hybridized carbons (Fsp3) is 0.263. The number of hydrogen-bond acceptors (Lipinski definition) is 4. The second kappa shape index (κ2) is 7.01. The molecule has 3 rings (SSSR count). The first-order valence-electron chi connectivity index (χ1n) is 7.87. The van der Waals surface area contributed by atoms with Gasteiger partial charge in [0.1, 0.15) is 0 Å². The lowest BCUT2D eigenvalue weighted by molar-refractivity contribution is 0.0785. The van der Waals surface area contributed by atoms with Crippen molar-refractivity contribution < 1.29 is 9.21 Å². The fourth-order valence-corrected chi connectivity index (χ4v) is 3.36. The van der Waals surface area contributed by atoms with Crippen LogP contribution in [-0.2, 0) is 6.54 Å². The van der Waals surface area contributed by atoms with Crippen LogP contribution >= 0.6 is 11.3 Å². The van der Waals surface area contributed by atoms with E-state index in [-0.39, 0.29) is 5.91 Å². The normalized spacial score (nSPS) is 11.0. The molecule has 0 spiro atoms. The van der Waals surface area contributed by atoms with Crippen LogP contribution in [-0.4, -0.2) is 22.8 Å². The topological polar surface area (TPSA) is 46.3 Å². The standard InChI is InChI=1S/C19H20N2O2S/c1-13(2)18-20-10-17(24-18)15-5-4-6-16(9-15)19(22)21(3)11-14-7-8-23-12-14/h4-10,12-13H,11H2,1-3H3. The van der Waals surface area contributed by atoms with E-state index in [0.29, 0.717) is 18.0 Å². The maximum Gasteiger partial charge on any atom is 0.253 e. The van der Waals surface area contributed by atoms with Gasteiger partial charge in [0.25, 0.3) is 5.91 Å². The monoisotopic (exact) mass is 340 g/mol. The Bertz CT molecular complexity index is 822. The summed E-state index contributed by atoms with van der Waals surface area (Å²) in [6.07, 6.45) is 5.16. The average molecular weight is 340 g/mol. The molecule has 5 heteroatoms. The molecule has 0 aliphatic rings. The van der Waals surface area contributed by atoms with Gasteiger partial charge in [-0.05, 0) is 23.8 Å². The van der Waals surface area contributed by atoms with Crippen molar-refractivity contribution in [2.24, 2.45) is 0 Å². The molecular weight excluding hydrogens is 320 g/mol. The van der Waals surface area contributed by atoms with E-state index < -0.39 is 0 Å². The Balaban J connectivity index is 1.80. The Morgan fingerprint density at radius 3 is 2.83 bits per heavy atom. The van der Waals surface area contributed by atoms with Crippen LogP contribution in [0.25, 0.3) is 10.4 Å². The van der Waals surface area contributed by atoms with Crippen molar-refractivity contribution in [3.05, 3.63) is 65.2 Å². The van der Waals surface area contributed by atoms with Gasteiger partial charge in [0, 0.05) is 36.8 Å². The number of rotatable bonds is 5. The van der Waals surface area contributed by atoms with Gasteiger partial charge in [-0.25, -0.2) is 4.98 Å². The number of benzene rings is 1. The van der Waals surface area contributed by atoms with Crippen LogP contribution in [0.1, 0.15) is 40.7 Å². The Labute approximate surface area is 145 Å². The molecule has 1 amide bonds. The van der Waals surface area contributed by atoms with Crippen LogP contribution in [0.3, 0.4) is 0 Å². The summed E-state index contributed by atoms with van der Waals surface area (Å²) in [6.45, 7) is 4.79. The minimum atomic E-state index is -0.00773. The zero-order valence-electron chi connectivity index (χ0n) is 14.0. The average Bonchev–Trinajstić information content (AvgIpc) is 3.25. The molecular formula is C19H20N2O2S. The first-order valence-corrected chi connectivity index (χ1v) is 8.69. The highest BCUT2D eigenvalue weighted by atomic mass is 32.1. The number of carbonyl (C=O) groups is 1. The molecule has 1 aromatic carbocycles. The summed E-state index contributed by atoms with van der Waals surface area (Å²) >= 11 is 1.68. The van der Waals surface area contributed by atoms with E-state index in [4.69, 9.17) is 4.42 Å². The van der Waals surface area contributed by atoms with Crippen molar-refractivity contribution in [2.45, 2.75) is 26.3 Å². The molecule has 0 aliphatic carbocycles. The molecule has 0 unspecified atom stereocenters. The highest BCUT2D eigenvalue weighted by Gasteiger charge is 2.14. The van der Waals surface area contributed by atoms with E-state index in [2.05, 4.69) is 18.8 Å². The molecule has 4 nitrogen and oxygen atoms in total. The van der Waals surface area contributed by atoms with E-state index in [1.165, 1.54) is 0 Å². The molecule has 0 saturated heterocycles. The summed E-state index contributed by atoms with van der Waals surface area (Å²) in [6, 6.07) is 9.59. The Morgan fingerprint density at radius 1 is 1.33 bits per heavy atom. The van der Waals surface area contributed by atoms with Crippen molar-refractivity contribution in [2.75, 3.05) is 7.05 Å². The van der Waals surface area contributed by atoms with Gasteiger partial charge in [0.05, 0.1) is 22.4 Å². The molecule has 0 bridgehead atoms. The molecule has 0 atom stereocenters. The van der Waals surface area contributed by atoms with Crippen LogP contribution in [0, 0.1) is 0 Å². The van der Waals surface area contributed by atoms with Gasteiger partial charge in [-0.15, -0.1) is 11.3 Å². The lowest BCUT2D eigenvalue weighted by Gasteiger charge is -2.16. The number of hydrogen-bond donors (Lipinski definition) is 0. The molecule has 0 saturated carbocycles. The first kappa shape index (κ1) is 16.5. The van der Waals surface area contributed by atoms with Crippen molar-refractivity contribution in [1.82, 2.24) is 9.88 Å². The maximum atomic E-state index is 12.7. The number of thiazole rings is 1. The fourth-order valence-electron chi connectivity index (χ4n) is 2.44. The second-order valence-electron chi connectivity index (χ2n) is 6.09. The van der Waals surface area contributed by atoms with Crippen molar-refractivity contribution in [1.29, 1.82) is 0 Å². The molecule has 0 aliphatic heterocycles. The van der Waals surface area contributed by atoms with Crippen molar-refractivity contribution in [3.63, 3.8) is 0 Å². The van der Waals surface area contributed by atoms with Crippen molar-refractivity contribution >= 4 is 17.2 Å². The molecule has 2 aromatic heterocycles. The summed E-state index contributed by atoms with van der Waals surface area (Å²) in [5.74, 6) is 0.404. The predicted molar refractivity (Wildman–Crippen MR) is 96.1 cm³/mol. The molecule has 3 aromatic rings. The molecule has 0 radical (unpaired) electrons. The SMILES string of the molecule is CC(C)c1ncc(-c2cccc(C(=O)N(C)Cc3ccoc3)c2)s1. The molecule has 2 heterocycles. The van der Waals surface area contributed by atoms with Crippen LogP contribution < -0.4 is 0 Å². The summed E-state index contributed by atoms with van der Waals surface area (Å²) in [5, 5.41) is 1.11. The van der Waals surface area contributed by atoms with Gasteiger partial charge in [-0.3, -0.25) is 4.79 Å². The highest BCUT2D eigenvalue weighted by Crippen LogP contribution is 2.30. The highest BCUT2D eigenvalue weighted by molar-refractivity contribution is 7.15. The van der Waals surface area contributed by atoms with E-state index in [1.54, 1.807) is 35.8 Å². The third kappa shape index (κ3) is 3.57. The van der Waals surface area contributed by atoms with E-state index in [0.717, 1.165) is 21.0 Å². The quantitative estimate of drug-likeness (QED) is 0.670. The van der Waals surface area contributed by atoms with E-state index in [9.17, 15) is 4.79 Å². The Hall–Kier alpha value is -2.40. The van der Waals surface area contributed by atoms with Crippen molar-refractivity contribution in [3.8, 4) is 10.4 Å². The first-order chi connectivity index (χ1) is 11.5. The lowest BCUT2D eigenvalue weighted by atomic mass is 10.1. The number of nitrogens with zero attached hydrogens (tertiary/aromatic N) is 2. The number of aromatic nitrogens is 1. The Kier molecular flexibility index (Phi) is 4.81. The Morgan fingerprint density at radius 2 is 2.17 bits per heavy atom. The van der Waals surface area contributed by atoms with Gasteiger partial charge < -0.3 is 9.32 Å². The third-order valence-electron chi connectivity index (χ3n) is 3.76. The molecule has 0 fully saturated rings. The van der Waals surface area contributed by atoms with Gasteiger partial charge in [0.2, 0.25) is 0 Å². The second-order valence-corrected chi connectivity index (χ2v) is 7.15. The summed E-state index contributed by atoms with van der Waals surface area (Å²) in [7, 11) is 1.80. The molecule has 0 N–H and O–H groups in total. The molecule has 124 valence electrons. The van der Waals surface area contributed by atoms with Gasteiger partial charge in [-0.1, -0.05) is 26.0 Å². The number of furan rings is 1. The number of carbonyl (C=O) groups excluding carboxylic acids is 1. The minimum absolute atomic E-state index is 0.00773. The van der Waals surface area contributed by atoms with Crippen LogP contribution in [0.2, 0.25) is 0 Å². The predicted octanol–water partition coefficient (Wildman–Crippen LogP) is 4.80. The summed E-state index contributed by atoms with van der Waals surface area (Å²) in [4.78, 5) is 19.9. The van der Waals surface area contributed by atoms with Crippen LogP contribution in [0.15, 0.2) is 53.5 Å². The number of amides is 1. The summed E-state index contributed by atoms with van der Waals surface area (Å²) < 4.78 is 5.06. The molecule has 24 heavy (non-hydrogen) atoms. The maximum absolute atomic E-state index is 12.7. The lowest BCUT2D eigenvalue weighted by Crippen LogP contribution is -2.25. The van der Waals surface area contributed by atoms with Gasteiger partial charge >= 0.3 is 0 Å². The largest absolute Gasteiger partial charge is 0.472 e. The van der Waals surface area contributed by atoms with Gasteiger partial charge in [-0.2, -0.15) is 0 Å². The minimum Gasteiger partial charge on any atom is -0.472 e. The smallest absolute Gasteiger partial charge is 0.253 e. The van der Waals surface area contributed by atoms with Gasteiger partial charge in [0.15, 0.2) is 0 Å². The van der Waals surface area contributed by atoms with E-state index >= 15 is 0 Å². The zero-order chi connectivity index (χ0) is 17.1. The summed E-state index contributed by atoms with van der Waals surface area (Å²) in [5.41, 5.74) is 2.69. The van der Waals surface area contributed by atoms with E-state index in [1.807, 2.05) is 36.5 Å². The van der Waals surface area contributed by atoms with Crippen LogP contribution in [0.5, 0.6) is 0 Å². The van der Waals surface area contributed by atoms with Crippen LogP contribution in [0.4, 0.5) is 0 Å². The third-order valence-corrected chi connectivity index (χ3v) is 5.11.